The Morgan fingerprint density at radius 3 is 2.55 bits per heavy atom. The molecule has 20 heavy (non-hydrogen) atoms. The number of rotatable bonds is 5. The van der Waals surface area contributed by atoms with Gasteiger partial charge in [0.2, 0.25) is 0 Å². The molecule has 108 valence electrons. The molecule has 0 radical (unpaired) electrons. The summed E-state index contributed by atoms with van der Waals surface area (Å²) in [4.78, 5) is 21.5. The molecule has 4 heteroatoms. The van der Waals surface area contributed by atoms with Crippen molar-refractivity contribution in [2.45, 2.75) is 51.0 Å². The van der Waals surface area contributed by atoms with Crippen molar-refractivity contribution in [3.8, 4) is 0 Å². The van der Waals surface area contributed by atoms with E-state index in [-0.39, 0.29) is 18.5 Å². The average molecular weight is 276 g/mol. The monoisotopic (exact) mass is 276 g/mol. The van der Waals surface area contributed by atoms with Crippen molar-refractivity contribution in [1.29, 1.82) is 0 Å². The third-order valence-corrected chi connectivity index (χ3v) is 3.80. The fourth-order valence-electron chi connectivity index (χ4n) is 2.79. The SMILES string of the molecule is CC(=O)O[C@@H]1CC[C@H](c2ccc(CCC(=O)O)cc2)C1. The van der Waals surface area contributed by atoms with E-state index in [1.165, 1.54) is 12.5 Å². The topological polar surface area (TPSA) is 63.6 Å². The lowest BCUT2D eigenvalue weighted by Gasteiger charge is -2.12. The predicted molar refractivity (Wildman–Crippen MR) is 74.5 cm³/mol. The van der Waals surface area contributed by atoms with E-state index >= 15 is 0 Å². The van der Waals surface area contributed by atoms with E-state index in [0.29, 0.717) is 12.3 Å². The Kier molecular flexibility index (Phi) is 4.77. The molecule has 0 spiro atoms. The van der Waals surface area contributed by atoms with Crippen molar-refractivity contribution < 1.29 is 19.4 Å². The highest BCUT2D eigenvalue weighted by Gasteiger charge is 2.27. The number of carbonyl (C=O) groups excluding carboxylic acids is 1. The second-order valence-corrected chi connectivity index (χ2v) is 5.38. The van der Waals surface area contributed by atoms with Crippen LogP contribution in [0.5, 0.6) is 0 Å². The van der Waals surface area contributed by atoms with Gasteiger partial charge in [-0.3, -0.25) is 9.59 Å². The maximum absolute atomic E-state index is 10.9. The molecular formula is C16H20O4. The van der Waals surface area contributed by atoms with Crippen LogP contribution in [0.2, 0.25) is 0 Å². The van der Waals surface area contributed by atoms with Gasteiger partial charge in [-0.15, -0.1) is 0 Å². The summed E-state index contributed by atoms with van der Waals surface area (Å²) >= 11 is 0. The van der Waals surface area contributed by atoms with Crippen LogP contribution >= 0.6 is 0 Å². The highest BCUT2D eigenvalue weighted by atomic mass is 16.5. The largest absolute Gasteiger partial charge is 0.481 e. The molecular weight excluding hydrogens is 256 g/mol. The van der Waals surface area contributed by atoms with Gasteiger partial charge in [0.25, 0.3) is 0 Å². The zero-order valence-corrected chi connectivity index (χ0v) is 11.7. The van der Waals surface area contributed by atoms with Crippen molar-refractivity contribution in [3.63, 3.8) is 0 Å². The summed E-state index contributed by atoms with van der Waals surface area (Å²) in [5.41, 5.74) is 2.30. The normalized spacial score (nSPS) is 21.6. The summed E-state index contributed by atoms with van der Waals surface area (Å²) < 4.78 is 5.25. The number of aliphatic carboxylic acids is 1. The van der Waals surface area contributed by atoms with Crippen LogP contribution in [0, 0.1) is 0 Å². The molecule has 0 bridgehead atoms. The van der Waals surface area contributed by atoms with E-state index in [4.69, 9.17) is 9.84 Å². The van der Waals surface area contributed by atoms with Gasteiger partial charge in [0.05, 0.1) is 0 Å². The Hall–Kier alpha value is -1.84. The fraction of sp³-hybridized carbons (Fsp3) is 0.500. The second kappa shape index (κ2) is 6.55. The molecule has 1 saturated carbocycles. The van der Waals surface area contributed by atoms with Gasteiger partial charge in [-0.25, -0.2) is 0 Å². The maximum Gasteiger partial charge on any atom is 0.303 e. The number of ether oxygens (including phenoxy) is 1. The van der Waals surface area contributed by atoms with Gasteiger partial charge >= 0.3 is 11.9 Å². The van der Waals surface area contributed by atoms with Gasteiger partial charge in [-0.1, -0.05) is 24.3 Å². The molecule has 2 atom stereocenters. The third kappa shape index (κ3) is 4.08. The number of esters is 1. The van der Waals surface area contributed by atoms with E-state index in [1.54, 1.807) is 0 Å². The molecule has 1 aromatic rings. The summed E-state index contributed by atoms with van der Waals surface area (Å²) in [5.74, 6) is -0.540. The molecule has 0 amide bonds. The number of hydrogen-bond donors (Lipinski definition) is 1. The lowest BCUT2D eigenvalue weighted by Crippen LogP contribution is -2.12. The first-order valence-corrected chi connectivity index (χ1v) is 7.02. The number of aryl methyl sites for hydroxylation is 1. The van der Waals surface area contributed by atoms with Crippen LogP contribution in [0.4, 0.5) is 0 Å². The zero-order valence-electron chi connectivity index (χ0n) is 11.7. The van der Waals surface area contributed by atoms with Gasteiger partial charge in [-0.05, 0) is 42.7 Å². The van der Waals surface area contributed by atoms with Crippen molar-refractivity contribution in [3.05, 3.63) is 35.4 Å². The molecule has 0 saturated heterocycles. The van der Waals surface area contributed by atoms with Crippen LogP contribution in [-0.2, 0) is 20.7 Å². The van der Waals surface area contributed by atoms with Crippen molar-refractivity contribution in [2.24, 2.45) is 0 Å². The molecule has 1 aliphatic carbocycles. The van der Waals surface area contributed by atoms with Gasteiger partial charge in [0, 0.05) is 13.3 Å². The molecule has 0 aliphatic heterocycles. The average Bonchev–Trinajstić information content (AvgIpc) is 2.84. The molecule has 1 fully saturated rings. The summed E-state index contributed by atoms with van der Waals surface area (Å²) in [6, 6.07) is 8.13. The predicted octanol–water partition coefficient (Wildman–Crippen LogP) is 2.90. The summed E-state index contributed by atoms with van der Waals surface area (Å²) in [6.07, 6.45) is 3.61. The first-order chi connectivity index (χ1) is 9.54. The molecule has 1 aliphatic rings. The van der Waals surface area contributed by atoms with Gasteiger partial charge in [-0.2, -0.15) is 0 Å². The Morgan fingerprint density at radius 1 is 1.25 bits per heavy atom. The van der Waals surface area contributed by atoms with Gasteiger partial charge in [0.15, 0.2) is 0 Å². The summed E-state index contributed by atoms with van der Waals surface area (Å²) in [7, 11) is 0. The Labute approximate surface area is 118 Å². The second-order valence-electron chi connectivity index (χ2n) is 5.38. The lowest BCUT2D eigenvalue weighted by atomic mass is 9.96. The van der Waals surface area contributed by atoms with E-state index in [1.807, 2.05) is 12.1 Å². The highest BCUT2D eigenvalue weighted by molar-refractivity contribution is 5.67. The van der Waals surface area contributed by atoms with E-state index in [2.05, 4.69) is 12.1 Å². The molecule has 1 N–H and O–H groups in total. The van der Waals surface area contributed by atoms with Gasteiger partial charge in [0.1, 0.15) is 6.10 Å². The van der Waals surface area contributed by atoms with E-state index in [9.17, 15) is 9.59 Å². The van der Waals surface area contributed by atoms with E-state index in [0.717, 1.165) is 24.8 Å². The van der Waals surface area contributed by atoms with Crippen LogP contribution in [0.1, 0.15) is 49.7 Å². The number of carboxylic acid groups (broad SMARTS) is 1. The van der Waals surface area contributed by atoms with Crippen LogP contribution < -0.4 is 0 Å². The Bertz CT molecular complexity index is 478. The third-order valence-electron chi connectivity index (χ3n) is 3.80. The minimum atomic E-state index is -0.769. The van der Waals surface area contributed by atoms with Crippen LogP contribution in [0.15, 0.2) is 24.3 Å². The first-order valence-electron chi connectivity index (χ1n) is 7.02. The number of carboxylic acids is 1. The van der Waals surface area contributed by atoms with Gasteiger partial charge < -0.3 is 9.84 Å². The smallest absolute Gasteiger partial charge is 0.303 e. The Morgan fingerprint density at radius 2 is 1.95 bits per heavy atom. The van der Waals surface area contributed by atoms with Crippen LogP contribution in [-0.4, -0.2) is 23.1 Å². The highest BCUT2D eigenvalue weighted by Crippen LogP contribution is 2.36. The first kappa shape index (κ1) is 14.6. The summed E-state index contributed by atoms with van der Waals surface area (Å²) in [5, 5.41) is 8.66. The van der Waals surface area contributed by atoms with Crippen LogP contribution in [0.3, 0.4) is 0 Å². The standard InChI is InChI=1S/C16H20O4/c1-11(17)20-15-8-7-14(10-15)13-5-2-12(3-6-13)4-9-16(18)19/h2-3,5-6,14-15H,4,7-10H2,1H3,(H,18,19)/t14-,15+/m0/s1. The van der Waals surface area contributed by atoms with Crippen molar-refractivity contribution in [1.82, 2.24) is 0 Å². The molecule has 0 unspecified atom stereocenters. The molecule has 0 aromatic heterocycles. The zero-order chi connectivity index (χ0) is 14.5. The van der Waals surface area contributed by atoms with E-state index < -0.39 is 5.97 Å². The Balaban J connectivity index is 1.90. The number of benzene rings is 1. The maximum atomic E-state index is 10.9. The minimum Gasteiger partial charge on any atom is -0.481 e. The lowest BCUT2D eigenvalue weighted by molar-refractivity contribution is -0.146. The molecule has 1 aromatic carbocycles. The van der Waals surface area contributed by atoms with Crippen molar-refractivity contribution in [2.75, 3.05) is 0 Å². The molecule has 0 heterocycles. The summed E-state index contributed by atoms with van der Waals surface area (Å²) in [6.45, 7) is 1.45. The quantitative estimate of drug-likeness (QED) is 0.840. The molecule has 4 nitrogen and oxygen atoms in total. The molecule has 2 rings (SSSR count). The number of carbonyl (C=O) groups is 2. The fourth-order valence-corrected chi connectivity index (χ4v) is 2.79. The van der Waals surface area contributed by atoms with Crippen molar-refractivity contribution >= 4 is 11.9 Å². The minimum absolute atomic E-state index is 0.0455. The van der Waals surface area contributed by atoms with Crippen LogP contribution in [0.25, 0.3) is 0 Å². The number of hydrogen-bond acceptors (Lipinski definition) is 3.